The number of hydrogen-bond donors (Lipinski definition) is 0. The lowest BCUT2D eigenvalue weighted by molar-refractivity contribution is 0.0831. The zero-order valence-electron chi connectivity index (χ0n) is 9.50. The van der Waals surface area contributed by atoms with Crippen LogP contribution >= 0.6 is 15.9 Å². The molecule has 0 N–H and O–H groups in total. The summed E-state index contributed by atoms with van der Waals surface area (Å²) in [7, 11) is 0. The molecule has 0 unspecified atom stereocenters. The summed E-state index contributed by atoms with van der Waals surface area (Å²) in [6.45, 7) is 5.66. The molecule has 3 heteroatoms. The standard InChI is InChI=1S/C13H13BrO2/c1-13(2,3)12(15)11-7-8-6-9(14)4-5-10(8)16-11/h4-7H,1-3H3. The number of carbonyl (C=O) groups excluding carboxylic acids is 1. The topological polar surface area (TPSA) is 30.2 Å². The van der Waals surface area contributed by atoms with E-state index in [0.29, 0.717) is 5.76 Å². The first kappa shape index (κ1) is 11.4. The normalized spacial score (nSPS) is 12.0. The third kappa shape index (κ3) is 2.05. The SMILES string of the molecule is CC(C)(C)C(=O)c1cc2cc(Br)ccc2o1. The van der Waals surface area contributed by atoms with Gasteiger partial charge >= 0.3 is 0 Å². The maximum Gasteiger partial charge on any atom is 0.203 e. The van der Waals surface area contributed by atoms with Crippen LogP contribution in [-0.2, 0) is 0 Å². The second kappa shape index (κ2) is 3.74. The fraction of sp³-hybridized carbons (Fsp3) is 0.308. The number of halogens is 1. The van der Waals surface area contributed by atoms with Crippen molar-refractivity contribution < 1.29 is 9.21 Å². The Labute approximate surface area is 103 Å². The van der Waals surface area contributed by atoms with Gasteiger partial charge in [0.25, 0.3) is 0 Å². The molecule has 2 aromatic rings. The lowest BCUT2D eigenvalue weighted by atomic mass is 9.89. The summed E-state index contributed by atoms with van der Waals surface area (Å²) >= 11 is 3.39. The predicted molar refractivity (Wildman–Crippen MR) is 67.7 cm³/mol. The largest absolute Gasteiger partial charge is 0.453 e. The van der Waals surface area contributed by atoms with Crippen LogP contribution in [0.4, 0.5) is 0 Å². The van der Waals surface area contributed by atoms with Crippen molar-refractivity contribution >= 4 is 32.7 Å². The molecule has 0 aliphatic heterocycles. The quantitative estimate of drug-likeness (QED) is 0.724. The summed E-state index contributed by atoms with van der Waals surface area (Å²) in [6, 6.07) is 7.50. The molecule has 2 nitrogen and oxygen atoms in total. The first-order valence-electron chi connectivity index (χ1n) is 5.12. The number of Topliss-reactive ketones (excluding diaryl/α,β-unsaturated/α-hetero) is 1. The van der Waals surface area contributed by atoms with Crippen molar-refractivity contribution in [1.29, 1.82) is 0 Å². The van der Waals surface area contributed by atoms with Crippen LogP contribution in [0.2, 0.25) is 0 Å². The molecule has 0 aliphatic rings. The number of furan rings is 1. The van der Waals surface area contributed by atoms with Crippen LogP contribution < -0.4 is 0 Å². The average molecular weight is 281 g/mol. The third-order valence-electron chi connectivity index (χ3n) is 2.38. The lowest BCUT2D eigenvalue weighted by Crippen LogP contribution is -2.19. The van der Waals surface area contributed by atoms with Gasteiger partial charge in [0, 0.05) is 15.3 Å². The van der Waals surface area contributed by atoms with E-state index in [1.54, 1.807) is 6.07 Å². The number of hydrogen-bond acceptors (Lipinski definition) is 2. The Kier molecular flexibility index (Phi) is 2.66. The minimum Gasteiger partial charge on any atom is -0.453 e. The summed E-state index contributed by atoms with van der Waals surface area (Å²) in [5.41, 5.74) is 0.335. The molecule has 0 amide bonds. The fourth-order valence-electron chi connectivity index (χ4n) is 1.50. The van der Waals surface area contributed by atoms with Gasteiger partial charge in [0.1, 0.15) is 5.58 Å². The zero-order chi connectivity index (χ0) is 11.9. The van der Waals surface area contributed by atoms with E-state index < -0.39 is 5.41 Å². The molecule has 0 saturated heterocycles. The molecular formula is C13H13BrO2. The smallest absolute Gasteiger partial charge is 0.203 e. The molecule has 0 bridgehead atoms. The molecule has 2 rings (SSSR count). The van der Waals surface area contributed by atoms with Gasteiger partial charge in [-0.1, -0.05) is 36.7 Å². The van der Waals surface area contributed by atoms with Crippen molar-refractivity contribution in [2.75, 3.05) is 0 Å². The van der Waals surface area contributed by atoms with Crippen molar-refractivity contribution in [2.24, 2.45) is 5.41 Å². The molecule has 0 fully saturated rings. The highest BCUT2D eigenvalue weighted by Crippen LogP contribution is 2.27. The van der Waals surface area contributed by atoms with Crippen molar-refractivity contribution in [3.63, 3.8) is 0 Å². The molecule has 1 aromatic carbocycles. The highest BCUT2D eigenvalue weighted by Gasteiger charge is 2.26. The summed E-state index contributed by atoms with van der Waals surface area (Å²) < 4.78 is 6.52. The number of benzene rings is 1. The van der Waals surface area contributed by atoms with Crippen LogP contribution in [0.5, 0.6) is 0 Å². The second-order valence-corrected chi connectivity index (χ2v) is 5.79. The van der Waals surface area contributed by atoms with Gasteiger partial charge in [-0.15, -0.1) is 0 Å². The van der Waals surface area contributed by atoms with Crippen LogP contribution in [0, 0.1) is 5.41 Å². The van der Waals surface area contributed by atoms with Crippen LogP contribution in [0.15, 0.2) is 33.2 Å². The maximum absolute atomic E-state index is 12.0. The Hall–Kier alpha value is -1.09. The molecule has 0 radical (unpaired) electrons. The van der Waals surface area contributed by atoms with Gasteiger partial charge in [-0.25, -0.2) is 0 Å². The van der Waals surface area contributed by atoms with Crippen LogP contribution in [0.25, 0.3) is 11.0 Å². The van der Waals surface area contributed by atoms with Crippen molar-refractivity contribution in [2.45, 2.75) is 20.8 Å². The average Bonchev–Trinajstić information content (AvgIpc) is 2.57. The Bertz CT molecular complexity index is 547. The van der Waals surface area contributed by atoms with E-state index in [-0.39, 0.29) is 5.78 Å². The van der Waals surface area contributed by atoms with E-state index in [1.807, 2.05) is 39.0 Å². The third-order valence-corrected chi connectivity index (χ3v) is 2.88. The van der Waals surface area contributed by atoms with Gasteiger partial charge in [0.05, 0.1) is 0 Å². The minimum atomic E-state index is -0.412. The van der Waals surface area contributed by atoms with Gasteiger partial charge < -0.3 is 4.42 Å². The molecule has 0 saturated carbocycles. The van der Waals surface area contributed by atoms with E-state index in [9.17, 15) is 4.79 Å². The lowest BCUT2D eigenvalue weighted by Gasteiger charge is -2.13. The van der Waals surface area contributed by atoms with Crippen LogP contribution in [0.1, 0.15) is 31.3 Å². The second-order valence-electron chi connectivity index (χ2n) is 4.87. The molecule has 0 spiro atoms. The minimum absolute atomic E-state index is 0.0276. The van der Waals surface area contributed by atoms with Crippen LogP contribution in [-0.4, -0.2) is 5.78 Å². The molecule has 84 valence electrons. The van der Waals surface area contributed by atoms with Gasteiger partial charge in [0.15, 0.2) is 5.76 Å². The predicted octanol–water partition coefficient (Wildman–Crippen LogP) is 4.42. The van der Waals surface area contributed by atoms with E-state index in [4.69, 9.17) is 4.42 Å². The summed E-state index contributed by atoms with van der Waals surface area (Å²) in [4.78, 5) is 12.0. The Balaban J connectivity index is 2.52. The number of carbonyl (C=O) groups is 1. The first-order chi connectivity index (χ1) is 7.38. The summed E-state index contributed by atoms with van der Waals surface area (Å²) in [5, 5.41) is 0.946. The summed E-state index contributed by atoms with van der Waals surface area (Å²) in [6.07, 6.45) is 0. The molecule has 1 heterocycles. The molecule has 1 aromatic heterocycles. The van der Waals surface area contributed by atoms with Crippen molar-refractivity contribution in [3.05, 3.63) is 34.5 Å². The molecule has 16 heavy (non-hydrogen) atoms. The zero-order valence-corrected chi connectivity index (χ0v) is 11.1. The first-order valence-corrected chi connectivity index (χ1v) is 5.91. The molecular weight excluding hydrogens is 268 g/mol. The van der Waals surface area contributed by atoms with Gasteiger partial charge in [-0.3, -0.25) is 4.79 Å². The number of fused-ring (bicyclic) bond motifs is 1. The van der Waals surface area contributed by atoms with Gasteiger partial charge in [-0.05, 0) is 24.3 Å². The monoisotopic (exact) mass is 280 g/mol. The van der Waals surface area contributed by atoms with Crippen molar-refractivity contribution in [1.82, 2.24) is 0 Å². The van der Waals surface area contributed by atoms with Crippen LogP contribution in [0.3, 0.4) is 0 Å². The van der Waals surface area contributed by atoms with E-state index in [1.165, 1.54) is 0 Å². The van der Waals surface area contributed by atoms with E-state index in [2.05, 4.69) is 15.9 Å². The Morgan fingerprint density at radius 1 is 1.25 bits per heavy atom. The van der Waals surface area contributed by atoms with Crippen molar-refractivity contribution in [3.8, 4) is 0 Å². The Morgan fingerprint density at radius 3 is 2.56 bits per heavy atom. The Morgan fingerprint density at radius 2 is 1.94 bits per heavy atom. The van der Waals surface area contributed by atoms with Gasteiger partial charge in [-0.2, -0.15) is 0 Å². The maximum atomic E-state index is 12.0. The highest BCUT2D eigenvalue weighted by molar-refractivity contribution is 9.10. The number of rotatable bonds is 1. The van der Waals surface area contributed by atoms with E-state index in [0.717, 1.165) is 15.4 Å². The fourth-order valence-corrected chi connectivity index (χ4v) is 1.87. The highest BCUT2D eigenvalue weighted by atomic mass is 79.9. The molecule has 0 atom stereocenters. The van der Waals surface area contributed by atoms with Gasteiger partial charge in [0.2, 0.25) is 5.78 Å². The van der Waals surface area contributed by atoms with E-state index >= 15 is 0 Å². The molecule has 0 aliphatic carbocycles. The summed E-state index contributed by atoms with van der Waals surface area (Å²) in [5.74, 6) is 0.459. The number of ketones is 1.